The summed E-state index contributed by atoms with van der Waals surface area (Å²) in [5, 5.41) is 7.47. The van der Waals surface area contributed by atoms with Crippen molar-refractivity contribution in [2.45, 2.75) is 77.7 Å². The molecule has 1 heterocycles. The fourth-order valence-corrected chi connectivity index (χ4v) is 4.05. The zero-order valence-corrected chi connectivity index (χ0v) is 13.1. The molecule has 2 nitrogen and oxygen atoms in total. The van der Waals surface area contributed by atoms with Crippen molar-refractivity contribution < 1.29 is 0 Å². The summed E-state index contributed by atoms with van der Waals surface area (Å²) >= 11 is 0. The summed E-state index contributed by atoms with van der Waals surface area (Å²) in [6, 6.07) is 0.800. The summed E-state index contributed by atoms with van der Waals surface area (Å²) in [5.41, 5.74) is 0.595. The Morgan fingerprint density at radius 1 is 1.11 bits per heavy atom. The van der Waals surface area contributed by atoms with Gasteiger partial charge in [-0.2, -0.15) is 0 Å². The zero-order chi connectivity index (χ0) is 13.6. The van der Waals surface area contributed by atoms with Crippen LogP contribution in [0.2, 0.25) is 0 Å². The second-order valence-corrected chi connectivity index (χ2v) is 7.19. The first-order chi connectivity index (χ1) is 9.24. The van der Waals surface area contributed by atoms with Crippen LogP contribution in [0.15, 0.2) is 0 Å². The topological polar surface area (TPSA) is 24.1 Å². The molecule has 0 aromatic rings. The van der Waals surface area contributed by atoms with Crippen molar-refractivity contribution in [3.8, 4) is 0 Å². The van der Waals surface area contributed by atoms with E-state index in [4.69, 9.17) is 0 Å². The van der Waals surface area contributed by atoms with E-state index >= 15 is 0 Å². The predicted molar refractivity (Wildman–Crippen MR) is 83.5 cm³/mol. The second kappa shape index (κ2) is 7.64. The minimum Gasteiger partial charge on any atom is -0.317 e. The number of rotatable bonds is 5. The van der Waals surface area contributed by atoms with Gasteiger partial charge in [0, 0.05) is 12.6 Å². The standard InChI is InChI=1S/C17H34N2/c1-3-9-17(10-12-18-13-11-17)14-19-16-6-4-5-15(2)7-8-16/h15-16,18-19H,3-14H2,1-2H3. The third-order valence-corrected chi connectivity index (χ3v) is 5.47. The van der Waals surface area contributed by atoms with Crippen molar-refractivity contribution in [1.82, 2.24) is 10.6 Å². The first-order valence-electron chi connectivity index (χ1n) is 8.68. The molecule has 2 atom stereocenters. The van der Waals surface area contributed by atoms with Crippen LogP contribution in [0, 0.1) is 11.3 Å². The van der Waals surface area contributed by atoms with Crippen LogP contribution in [0.5, 0.6) is 0 Å². The van der Waals surface area contributed by atoms with E-state index in [1.165, 1.54) is 77.4 Å². The number of hydrogen-bond donors (Lipinski definition) is 2. The summed E-state index contributed by atoms with van der Waals surface area (Å²) in [7, 11) is 0. The first-order valence-corrected chi connectivity index (χ1v) is 8.68. The average molecular weight is 266 g/mol. The van der Waals surface area contributed by atoms with E-state index in [0.29, 0.717) is 5.41 Å². The van der Waals surface area contributed by atoms with Gasteiger partial charge in [-0.1, -0.05) is 33.1 Å². The van der Waals surface area contributed by atoms with Crippen LogP contribution < -0.4 is 10.6 Å². The van der Waals surface area contributed by atoms with Gasteiger partial charge in [0.2, 0.25) is 0 Å². The van der Waals surface area contributed by atoms with Crippen LogP contribution >= 0.6 is 0 Å². The fraction of sp³-hybridized carbons (Fsp3) is 1.00. The highest BCUT2D eigenvalue weighted by Gasteiger charge is 2.31. The Labute approximate surface area is 120 Å². The van der Waals surface area contributed by atoms with Gasteiger partial charge in [-0.25, -0.2) is 0 Å². The molecule has 0 radical (unpaired) electrons. The lowest BCUT2D eigenvalue weighted by atomic mass is 9.75. The van der Waals surface area contributed by atoms with E-state index < -0.39 is 0 Å². The lowest BCUT2D eigenvalue weighted by Gasteiger charge is -2.39. The van der Waals surface area contributed by atoms with Crippen LogP contribution in [-0.4, -0.2) is 25.7 Å². The maximum Gasteiger partial charge on any atom is 0.00673 e. The third-order valence-electron chi connectivity index (χ3n) is 5.47. The molecule has 1 saturated carbocycles. The molecule has 1 saturated heterocycles. The molecule has 0 amide bonds. The molecule has 0 aromatic heterocycles. The number of hydrogen-bond acceptors (Lipinski definition) is 2. The van der Waals surface area contributed by atoms with E-state index in [0.717, 1.165) is 12.0 Å². The largest absolute Gasteiger partial charge is 0.317 e. The number of nitrogens with one attached hydrogen (secondary N) is 2. The molecule has 2 N–H and O–H groups in total. The van der Waals surface area contributed by atoms with Crippen LogP contribution in [0.3, 0.4) is 0 Å². The summed E-state index contributed by atoms with van der Waals surface area (Å²) < 4.78 is 0. The van der Waals surface area contributed by atoms with E-state index in [9.17, 15) is 0 Å². The van der Waals surface area contributed by atoms with Gasteiger partial charge in [0.15, 0.2) is 0 Å². The lowest BCUT2D eigenvalue weighted by molar-refractivity contribution is 0.167. The Morgan fingerprint density at radius 3 is 2.63 bits per heavy atom. The maximum absolute atomic E-state index is 3.95. The minimum atomic E-state index is 0.595. The van der Waals surface area contributed by atoms with E-state index in [-0.39, 0.29) is 0 Å². The highest BCUT2D eigenvalue weighted by molar-refractivity contribution is 4.88. The van der Waals surface area contributed by atoms with Crippen molar-refractivity contribution in [2.24, 2.45) is 11.3 Å². The normalized spacial score (nSPS) is 31.9. The minimum absolute atomic E-state index is 0.595. The Hall–Kier alpha value is -0.0800. The van der Waals surface area contributed by atoms with Gasteiger partial charge < -0.3 is 10.6 Å². The van der Waals surface area contributed by atoms with Gasteiger partial charge in [-0.15, -0.1) is 0 Å². The van der Waals surface area contributed by atoms with Crippen molar-refractivity contribution in [3.05, 3.63) is 0 Å². The van der Waals surface area contributed by atoms with Crippen LogP contribution in [0.25, 0.3) is 0 Å². The van der Waals surface area contributed by atoms with Crippen LogP contribution in [0.1, 0.15) is 71.6 Å². The molecule has 2 unspecified atom stereocenters. The molecule has 19 heavy (non-hydrogen) atoms. The van der Waals surface area contributed by atoms with E-state index in [1.807, 2.05) is 0 Å². The van der Waals surface area contributed by atoms with Gasteiger partial charge in [0.25, 0.3) is 0 Å². The maximum atomic E-state index is 3.95. The monoisotopic (exact) mass is 266 g/mol. The van der Waals surface area contributed by atoms with Crippen molar-refractivity contribution in [1.29, 1.82) is 0 Å². The molecule has 2 fully saturated rings. The highest BCUT2D eigenvalue weighted by atomic mass is 14.9. The van der Waals surface area contributed by atoms with E-state index in [2.05, 4.69) is 24.5 Å². The fourth-order valence-electron chi connectivity index (χ4n) is 4.05. The van der Waals surface area contributed by atoms with Crippen LogP contribution in [-0.2, 0) is 0 Å². The van der Waals surface area contributed by atoms with Crippen molar-refractivity contribution in [3.63, 3.8) is 0 Å². The number of piperidine rings is 1. The summed E-state index contributed by atoms with van der Waals surface area (Å²) in [6.07, 6.45) is 12.6. The van der Waals surface area contributed by atoms with E-state index in [1.54, 1.807) is 0 Å². The zero-order valence-electron chi connectivity index (χ0n) is 13.1. The lowest BCUT2D eigenvalue weighted by Crippen LogP contribution is -2.45. The third kappa shape index (κ3) is 4.75. The molecule has 1 aliphatic heterocycles. The molecule has 0 spiro atoms. The van der Waals surface area contributed by atoms with Gasteiger partial charge in [-0.05, 0) is 62.9 Å². The summed E-state index contributed by atoms with van der Waals surface area (Å²) in [4.78, 5) is 0. The van der Waals surface area contributed by atoms with Crippen molar-refractivity contribution in [2.75, 3.05) is 19.6 Å². The quantitative estimate of drug-likeness (QED) is 0.741. The van der Waals surface area contributed by atoms with Gasteiger partial charge in [-0.3, -0.25) is 0 Å². The predicted octanol–water partition coefficient (Wildman–Crippen LogP) is 3.71. The SMILES string of the molecule is CCCC1(CNC2CCCC(C)CC2)CCNCC1. The second-order valence-electron chi connectivity index (χ2n) is 7.19. The highest BCUT2D eigenvalue weighted by Crippen LogP contribution is 2.34. The Morgan fingerprint density at radius 2 is 1.89 bits per heavy atom. The molecule has 2 aliphatic rings. The summed E-state index contributed by atoms with van der Waals surface area (Å²) in [6.45, 7) is 8.49. The Bertz CT molecular complexity index is 240. The molecule has 0 bridgehead atoms. The molecule has 2 heteroatoms. The molecule has 1 aliphatic carbocycles. The van der Waals surface area contributed by atoms with Gasteiger partial charge >= 0.3 is 0 Å². The Balaban J connectivity index is 1.80. The molecular formula is C17H34N2. The molecular weight excluding hydrogens is 232 g/mol. The van der Waals surface area contributed by atoms with Crippen molar-refractivity contribution >= 4 is 0 Å². The molecule has 2 rings (SSSR count). The van der Waals surface area contributed by atoms with Gasteiger partial charge in [0.1, 0.15) is 0 Å². The summed E-state index contributed by atoms with van der Waals surface area (Å²) in [5.74, 6) is 0.954. The molecule has 112 valence electrons. The first kappa shape index (κ1) is 15.3. The molecule has 0 aromatic carbocycles. The van der Waals surface area contributed by atoms with Gasteiger partial charge in [0.05, 0.1) is 0 Å². The average Bonchev–Trinajstić information content (AvgIpc) is 2.63. The van der Waals surface area contributed by atoms with Crippen LogP contribution in [0.4, 0.5) is 0 Å². The Kier molecular flexibility index (Phi) is 6.15. The smallest absolute Gasteiger partial charge is 0.00673 e.